The zero-order valence-electron chi connectivity index (χ0n) is 11.1. The van der Waals surface area contributed by atoms with Gasteiger partial charge in [0.1, 0.15) is 12.4 Å². The smallest absolute Gasteiger partial charge is 0.119 e. The molecule has 18 heavy (non-hydrogen) atoms. The standard InChI is InChI=1S/C14H21NO3/c1-3-4-9-17-10-11-18-14-7-5-13(6-8-14)12(2)15-16/h5-8,16H,3-4,9-11H2,1-2H3. The van der Waals surface area contributed by atoms with Gasteiger partial charge in [-0.1, -0.05) is 18.5 Å². The molecule has 0 bridgehead atoms. The van der Waals surface area contributed by atoms with Gasteiger partial charge >= 0.3 is 0 Å². The molecule has 0 aliphatic heterocycles. The van der Waals surface area contributed by atoms with E-state index in [1.165, 1.54) is 0 Å². The summed E-state index contributed by atoms with van der Waals surface area (Å²) < 4.78 is 10.9. The van der Waals surface area contributed by atoms with E-state index in [1.54, 1.807) is 6.92 Å². The molecule has 0 amide bonds. The van der Waals surface area contributed by atoms with E-state index in [9.17, 15) is 0 Å². The highest BCUT2D eigenvalue weighted by Crippen LogP contribution is 2.12. The number of ether oxygens (including phenoxy) is 2. The topological polar surface area (TPSA) is 51.0 Å². The van der Waals surface area contributed by atoms with Gasteiger partial charge < -0.3 is 14.7 Å². The Kier molecular flexibility index (Phi) is 6.87. The summed E-state index contributed by atoms with van der Waals surface area (Å²) in [5.74, 6) is 0.795. The zero-order valence-corrected chi connectivity index (χ0v) is 11.1. The van der Waals surface area contributed by atoms with E-state index in [0.717, 1.165) is 30.8 Å². The number of rotatable bonds is 8. The second-order valence-electron chi connectivity index (χ2n) is 4.02. The molecule has 0 spiro atoms. The monoisotopic (exact) mass is 251 g/mol. The first kappa shape index (κ1) is 14.5. The van der Waals surface area contributed by atoms with Crippen LogP contribution >= 0.6 is 0 Å². The van der Waals surface area contributed by atoms with E-state index < -0.39 is 0 Å². The molecular formula is C14H21NO3. The normalized spacial score (nSPS) is 11.6. The molecule has 100 valence electrons. The summed E-state index contributed by atoms with van der Waals surface area (Å²) in [6, 6.07) is 7.44. The Morgan fingerprint density at radius 1 is 1.17 bits per heavy atom. The van der Waals surface area contributed by atoms with Crippen molar-refractivity contribution in [1.29, 1.82) is 0 Å². The molecule has 1 rings (SSSR count). The largest absolute Gasteiger partial charge is 0.491 e. The minimum absolute atomic E-state index is 0.552. The fourth-order valence-electron chi connectivity index (χ4n) is 1.42. The molecule has 1 aromatic carbocycles. The molecule has 1 aromatic rings. The Morgan fingerprint density at radius 2 is 1.89 bits per heavy atom. The molecule has 0 aliphatic carbocycles. The molecule has 0 radical (unpaired) electrons. The van der Waals surface area contributed by atoms with Crippen molar-refractivity contribution in [3.8, 4) is 5.75 Å². The number of nitrogens with zero attached hydrogens (tertiary/aromatic N) is 1. The number of unbranched alkanes of at least 4 members (excludes halogenated alkanes) is 1. The van der Waals surface area contributed by atoms with Gasteiger partial charge in [-0.05, 0) is 43.2 Å². The molecule has 0 aromatic heterocycles. The van der Waals surface area contributed by atoms with Crippen LogP contribution in [0, 0.1) is 0 Å². The molecule has 0 unspecified atom stereocenters. The molecule has 4 nitrogen and oxygen atoms in total. The van der Waals surface area contributed by atoms with Crippen molar-refractivity contribution in [3.05, 3.63) is 29.8 Å². The van der Waals surface area contributed by atoms with Crippen LogP contribution in [0.2, 0.25) is 0 Å². The van der Waals surface area contributed by atoms with Crippen LogP contribution in [0.15, 0.2) is 29.4 Å². The maximum Gasteiger partial charge on any atom is 0.119 e. The summed E-state index contributed by atoms with van der Waals surface area (Å²) in [4.78, 5) is 0. The maximum atomic E-state index is 8.64. The van der Waals surface area contributed by atoms with Gasteiger partial charge in [0.05, 0.1) is 12.3 Å². The third-order valence-corrected chi connectivity index (χ3v) is 2.56. The lowest BCUT2D eigenvalue weighted by Gasteiger charge is -2.07. The summed E-state index contributed by atoms with van der Waals surface area (Å²) in [5, 5.41) is 11.8. The minimum atomic E-state index is 0.552. The lowest BCUT2D eigenvalue weighted by molar-refractivity contribution is 0.0980. The number of oxime groups is 1. The van der Waals surface area contributed by atoms with Gasteiger partial charge in [0.2, 0.25) is 0 Å². The van der Waals surface area contributed by atoms with Crippen LogP contribution in [0.4, 0.5) is 0 Å². The molecular weight excluding hydrogens is 230 g/mol. The average molecular weight is 251 g/mol. The van der Waals surface area contributed by atoms with Crippen molar-refractivity contribution in [2.75, 3.05) is 19.8 Å². The first-order valence-corrected chi connectivity index (χ1v) is 6.27. The van der Waals surface area contributed by atoms with Crippen LogP contribution < -0.4 is 4.74 Å². The van der Waals surface area contributed by atoms with Crippen molar-refractivity contribution >= 4 is 5.71 Å². The highest BCUT2D eigenvalue weighted by atomic mass is 16.5. The van der Waals surface area contributed by atoms with E-state index >= 15 is 0 Å². The minimum Gasteiger partial charge on any atom is -0.491 e. The van der Waals surface area contributed by atoms with E-state index in [1.807, 2.05) is 24.3 Å². The molecule has 4 heteroatoms. The van der Waals surface area contributed by atoms with Crippen molar-refractivity contribution in [2.24, 2.45) is 5.16 Å². The first-order chi connectivity index (χ1) is 8.77. The fourth-order valence-corrected chi connectivity index (χ4v) is 1.42. The predicted molar refractivity (Wildman–Crippen MR) is 71.7 cm³/mol. The zero-order chi connectivity index (χ0) is 13.2. The van der Waals surface area contributed by atoms with Crippen LogP contribution in [0.3, 0.4) is 0 Å². The Labute approximate surface area is 108 Å². The second kappa shape index (κ2) is 8.53. The molecule has 0 fully saturated rings. The summed E-state index contributed by atoms with van der Waals surface area (Å²) in [6.07, 6.45) is 2.24. The Balaban J connectivity index is 2.27. The SMILES string of the molecule is CCCCOCCOc1ccc(C(C)=NO)cc1. The van der Waals surface area contributed by atoms with Crippen molar-refractivity contribution in [1.82, 2.24) is 0 Å². The lowest BCUT2D eigenvalue weighted by Crippen LogP contribution is -2.07. The Morgan fingerprint density at radius 3 is 2.50 bits per heavy atom. The van der Waals surface area contributed by atoms with Gasteiger partial charge in [-0.2, -0.15) is 0 Å². The van der Waals surface area contributed by atoms with E-state index in [0.29, 0.717) is 18.9 Å². The van der Waals surface area contributed by atoms with Gasteiger partial charge in [-0.25, -0.2) is 0 Å². The molecule has 0 atom stereocenters. The number of hydrogen-bond acceptors (Lipinski definition) is 4. The predicted octanol–water partition coefficient (Wildman–Crippen LogP) is 3.08. The third kappa shape index (κ3) is 5.19. The summed E-state index contributed by atoms with van der Waals surface area (Å²) in [5.41, 5.74) is 1.47. The molecule has 0 saturated carbocycles. The quantitative estimate of drug-likeness (QED) is 0.334. The van der Waals surface area contributed by atoms with Gasteiger partial charge in [0.15, 0.2) is 0 Å². The fraction of sp³-hybridized carbons (Fsp3) is 0.500. The van der Waals surface area contributed by atoms with Crippen LogP contribution in [0.1, 0.15) is 32.3 Å². The Hall–Kier alpha value is -1.55. The Bertz CT molecular complexity index is 360. The van der Waals surface area contributed by atoms with Crippen LogP contribution in [0.25, 0.3) is 0 Å². The molecule has 0 aliphatic rings. The van der Waals surface area contributed by atoms with Gasteiger partial charge in [0, 0.05) is 6.61 Å². The van der Waals surface area contributed by atoms with Crippen LogP contribution in [-0.4, -0.2) is 30.7 Å². The van der Waals surface area contributed by atoms with Gasteiger partial charge in [-0.3, -0.25) is 0 Å². The summed E-state index contributed by atoms with van der Waals surface area (Å²) >= 11 is 0. The highest BCUT2D eigenvalue weighted by molar-refractivity contribution is 5.98. The molecule has 0 heterocycles. The highest BCUT2D eigenvalue weighted by Gasteiger charge is 1.99. The summed E-state index contributed by atoms with van der Waals surface area (Å²) in [6.45, 7) is 5.84. The number of benzene rings is 1. The maximum absolute atomic E-state index is 8.64. The van der Waals surface area contributed by atoms with E-state index in [4.69, 9.17) is 14.7 Å². The average Bonchev–Trinajstić information content (AvgIpc) is 2.42. The van der Waals surface area contributed by atoms with Crippen molar-refractivity contribution in [2.45, 2.75) is 26.7 Å². The van der Waals surface area contributed by atoms with Crippen LogP contribution in [0.5, 0.6) is 5.75 Å². The van der Waals surface area contributed by atoms with E-state index in [-0.39, 0.29) is 0 Å². The third-order valence-electron chi connectivity index (χ3n) is 2.56. The number of hydrogen-bond donors (Lipinski definition) is 1. The molecule has 0 saturated heterocycles. The van der Waals surface area contributed by atoms with E-state index in [2.05, 4.69) is 12.1 Å². The van der Waals surface area contributed by atoms with Crippen molar-refractivity contribution < 1.29 is 14.7 Å². The summed E-state index contributed by atoms with van der Waals surface area (Å²) in [7, 11) is 0. The van der Waals surface area contributed by atoms with Gasteiger partial charge in [-0.15, -0.1) is 0 Å². The lowest BCUT2D eigenvalue weighted by atomic mass is 10.1. The van der Waals surface area contributed by atoms with Crippen molar-refractivity contribution in [3.63, 3.8) is 0 Å². The van der Waals surface area contributed by atoms with Gasteiger partial charge in [0.25, 0.3) is 0 Å². The second-order valence-corrected chi connectivity index (χ2v) is 4.02. The van der Waals surface area contributed by atoms with Crippen LogP contribution in [-0.2, 0) is 4.74 Å². The first-order valence-electron chi connectivity index (χ1n) is 6.27. The molecule has 1 N–H and O–H groups in total.